The van der Waals surface area contributed by atoms with Crippen LogP contribution in [0.2, 0.25) is 0 Å². The molecule has 1 unspecified atom stereocenters. The van der Waals surface area contributed by atoms with Gasteiger partial charge in [0.1, 0.15) is 17.3 Å². The lowest BCUT2D eigenvalue weighted by Crippen LogP contribution is -2.43. The van der Waals surface area contributed by atoms with Gasteiger partial charge < -0.3 is 25.8 Å². The molecular weight excluding hydrogens is 456 g/mol. The van der Waals surface area contributed by atoms with Crippen molar-refractivity contribution in [1.82, 2.24) is 10.6 Å². The third kappa shape index (κ3) is 6.33. The van der Waals surface area contributed by atoms with E-state index >= 15 is 0 Å². The van der Waals surface area contributed by atoms with Crippen LogP contribution >= 0.6 is 24.8 Å². The Bertz CT molecular complexity index is 893. The zero-order valence-corrected chi connectivity index (χ0v) is 19.4. The Morgan fingerprint density at radius 2 is 1.84 bits per heavy atom. The molecule has 0 radical (unpaired) electrons. The molecule has 2 aromatic carbocycles. The summed E-state index contributed by atoms with van der Waals surface area (Å²) >= 11 is 0. The number of ether oxygens (including phenoxy) is 2. The van der Waals surface area contributed by atoms with Crippen LogP contribution < -0.4 is 21.1 Å². The van der Waals surface area contributed by atoms with Gasteiger partial charge in [-0.25, -0.2) is 4.39 Å². The molecule has 176 valence electrons. The molecule has 2 saturated heterocycles. The first-order valence-electron chi connectivity index (χ1n) is 10.5. The first-order chi connectivity index (χ1) is 14.6. The van der Waals surface area contributed by atoms with Crippen LogP contribution in [0.4, 0.5) is 4.39 Å². The first-order valence-corrected chi connectivity index (χ1v) is 10.5. The second kappa shape index (κ2) is 11.8. The van der Waals surface area contributed by atoms with Gasteiger partial charge in [-0.2, -0.15) is 0 Å². The Labute approximate surface area is 200 Å². The Balaban J connectivity index is 0.00000181. The molecular formula is C23H30Cl2FN3O3. The van der Waals surface area contributed by atoms with Crippen molar-refractivity contribution in [2.24, 2.45) is 5.73 Å². The standard InChI is InChI=1S/C23H28FN3O3.2ClH/c24-21-6-5-19(30-18-3-1-16(2-4-18)7-10-25)13-20(21)22(28)27-17-14-23(29-15-17)8-11-26-12-9-23;;/h1-6,13,17,26H,7-12,14-15,25H2,(H,27,28);2*1H. The maximum absolute atomic E-state index is 14.4. The third-order valence-corrected chi connectivity index (χ3v) is 5.83. The molecule has 9 heteroatoms. The summed E-state index contributed by atoms with van der Waals surface area (Å²) in [5.74, 6) is 0.000805. The van der Waals surface area contributed by atoms with Gasteiger partial charge in [0.2, 0.25) is 0 Å². The highest BCUT2D eigenvalue weighted by molar-refractivity contribution is 5.95. The molecule has 0 aliphatic carbocycles. The van der Waals surface area contributed by atoms with Gasteiger partial charge in [0.15, 0.2) is 0 Å². The van der Waals surface area contributed by atoms with Crippen LogP contribution in [-0.4, -0.2) is 43.8 Å². The van der Waals surface area contributed by atoms with E-state index in [1.807, 2.05) is 24.3 Å². The summed E-state index contributed by atoms with van der Waals surface area (Å²) < 4.78 is 26.2. The molecule has 1 spiro atoms. The fourth-order valence-electron chi connectivity index (χ4n) is 4.20. The number of rotatable bonds is 6. The number of hydrogen-bond donors (Lipinski definition) is 3. The molecule has 2 aromatic rings. The van der Waals surface area contributed by atoms with Gasteiger partial charge in [0.25, 0.3) is 5.91 Å². The molecule has 2 fully saturated rings. The van der Waals surface area contributed by atoms with E-state index in [4.69, 9.17) is 15.2 Å². The van der Waals surface area contributed by atoms with Crippen LogP contribution in [0.5, 0.6) is 11.5 Å². The van der Waals surface area contributed by atoms with Gasteiger partial charge in [-0.1, -0.05) is 12.1 Å². The second-order valence-corrected chi connectivity index (χ2v) is 8.04. The van der Waals surface area contributed by atoms with E-state index < -0.39 is 11.7 Å². The molecule has 0 bridgehead atoms. The predicted molar refractivity (Wildman–Crippen MR) is 127 cm³/mol. The largest absolute Gasteiger partial charge is 0.457 e. The van der Waals surface area contributed by atoms with Crippen LogP contribution in [0.1, 0.15) is 35.2 Å². The van der Waals surface area contributed by atoms with E-state index in [9.17, 15) is 9.18 Å². The molecule has 2 heterocycles. The minimum absolute atomic E-state index is 0. The quantitative estimate of drug-likeness (QED) is 0.581. The van der Waals surface area contributed by atoms with E-state index in [0.717, 1.165) is 44.3 Å². The van der Waals surface area contributed by atoms with Crippen molar-refractivity contribution in [1.29, 1.82) is 0 Å². The SMILES string of the molecule is Cl.Cl.NCCc1ccc(Oc2ccc(F)c(C(=O)NC3COC4(CCNCC4)C3)c2)cc1. The smallest absolute Gasteiger partial charge is 0.254 e. The maximum atomic E-state index is 14.4. The minimum Gasteiger partial charge on any atom is -0.457 e. The summed E-state index contributed by atoms with van der Waals surface area (Å²) in [5, 5.41) is 6.25. The van der Waals surface area contributed by atoms with Gasteiger partial charge in [0.05, 0.1) is 23.8 Å². The zero-order valence-electron chi connectivity index (χ0n) is 17.8. The fraction of sp³-hybridized carbons (Fsp3) is 0.435. The van der Waals surface area contributed by atoms with E-state index in [2.05, 4.69) is 10.6 Å². The molecule has 2 aliphatic heterocycles. The Morgan fingerprint density at radius 1 is 1.16 bits per heavy atom. The summed E-state index contributed by atoms with van der Waals surface area (Å²) in [6.07, 6.45) is 3.42. The van der Waals surface area contributed by atoms with Crippen molar-refractivity contribution in [3.05, 3.63) is 59.4 Å². The van der Waals surface area contributed by atoms with E-state index in [1.165, 1.54) is 18.2 Å². The number of nitrogens with one attached hydrogen (secondary N) is 2. The van der Waals surface area contributed by atoms with Gasteiger partial charge in [-0.15, -0.1) is 24.8 Å². The highest BCUT2D eigenvalue weighted by atomic mass is 35.5. The highest BCUT2D eigenvalue weighted by Gasteiger charge is 2.41. The molecule has 4 N–H and O–H groups in total. The Morgan fingerprint density at radius 3 is 2.53 bits per heavy atom. The molecule has 1 amide bonds. The number of piperidine rings is 1. The van der Waals surface area contributed by atoms with Crippen molar-refractivity contribution in [3.63, 3.8) is 0 Å². The number of amides is 1. The predicted octanol–water partition coefficient (Wildman–Crippen LogP) is 3.60. The van der Waals surface area contributed by atoms with Crippen molar-refractivity contribution >= 4 is 30.7 Å². The summed E-state index contributed by atoms with van der Waals surface area (Å²) in [7, 11) is 0. The van der Waals surface area contributed by atoms with Crippen molar-refractivity contribution in [2.75, 3.05) is 26.2 Å². The lowest BCUT2D eigenvalue weighted by molar-refractivity contribution is -0.0194. The van der Waals surface area contributed by atoms with Gasteiger partial charge in [-0.3, -0.25) is 4.79 Å². The molecule has 0 aromatic heterocycles. The second-order valence-electron chi connectivity index (χ2n) is 8.04. The van der Waals surface area contributed by atoms with Crippen molar-refractivity contribution in [2.45, 2.75) is 37.3 Å². The molecule has 6 nitrogen and oxygen atoms in total. The summed E-state index contributed by atoms with van der Waals surface area (Å²) in [6.45, 7) is 2.88. The normalized spacial score (nSPS) is 19.0. The number of hydrogen-bond acceptors (Lipinski definition) is 5. The van der Waals surface area contributed by atoms with Crippen LogP contribution in [0.15, 0.2) is 42.5 Å². The summed E-state index contributed by atoms with van der Waals surface area (Å²) in [6, 6.07) is 11.6. The monoisotopic (exact) mass is 485 g/mol. The number of benzene rings is 2. The Kier molecular flexibility index (Phi) is 9.73. The number of carbonyl (C=O) groups excluding carboxylic acids is 1. The number of halogens is 3. The highest BCUT2D eigenvalue weighted by Crippen LogP contribution is 2.34. The molecule has 0 saturated carbocycles. The van der Waals surface area contributed by atoms with Crippen molar-refractivity contribution < 1.29 is 18.7 Å². The molecule has 32 heavy (non-hydrogen) atoms. The molecule has 4 rings (SSSR count). The van der Waals surface area contributed by atoms with Gasteiger partial charge in [-0.05, 0) is 81.2 Å². The first kappa shape index (κ1) is 26.4. The van der Waals surface area contributed by atoms with Crippen LogP contribution in [0.25, 0.3) is 0 Å². The lowest BCUT2D eigenvalue weighted by Gasteiger charge is -2.32. The summed E-state index contributed by atoms with van der Waals surface area (Å²) in [4.78, 5) is 12.7. The number of nitrogens with two attached hydrogens (primary N) is 1. The van der Waals surface area contributed by atoms with Gasteiger partial charge in [0, 0.05) is 0 Å². The lowest BCUT2D eigenvalue weighted by atomic mass is 9.88. The van der Waals surface area contributed by atoms with E-state index in [-0.39, 0.29) is 42.0 Å². The summed E-state index contributed by atoms with van der Waals surface area (Å²) in [5.41, 5.74) is 6.49. The third-order valence-electron chi connectivity index (χ3n) is 5.83. The van der Waals surface area contributed by atoms with E-state index in [1.54, 1.807) is 0 Å². The van der Waals surface area contributed by atoms with Crippen molar-refractivity contribution in [3.8, 4) is 11.5 Å². The van der Waals surface area contributed by atoms with Gasteiger partial charge >= 0.3 is 0 Å². The maximum Gasteiger partial charge on any atom is 0.254 e. The van der Waals surface area contributed by atoms with E-state index in [0.29, 0.717) is 24.7 Å². The molecule has 2 aliphatic rings. The molecule has 1 atom stereocenters. The van der Waals surface area contributed by atoms with Crippen LogP contribution in [-0.2, 0) is 11.2 Å². The average molecular weight is 486 g/mol. The topological polar surface area (TPSA) is 85.6 Å². The minimum atomic E-state index is -0.575. The number of carbonyl (C=O) groups is 1. The van der Waals surface area contributed by atoms with Crippen LogP contribution in [0, 0.1) is 5.82 Å². The fourth-order valence-corrected chi connectivity index (χ4v) is 4.20. The van der Waals surface area contributed by atoms with Crippen LogP contribution in [0.3, 0.4) is 0 Å². The Hall–Kier alpha value is -1.90. The average Bonchev–Trinajstić information content (AvgIpc) is 3.13. The zero-order chi connectivity index (χ0) is 21.0.